The molecule has 0 radical (unpaired) electrons. The van der Waals surface area contributed by atoms with Gasteiger partial charge in [-0.2, -0.15) is 0 Å². The number of nitrogen functional groups attached to an aromatic ring is 1. The van der Waals surface area contributed by atoms with Gasteiger partial charge in [-0.25, -0.2) is 18.2 Å². The quantitative estimate of drug-likeness (QED) is 0.725. The molecule has 8 heteroatoms. The van der Waals surface area contributed by atoms with E-state index in [9.17, 15) is 13.2 Å². The Kier molecular flexibility index (Phi) is 2.82. The second kappa shape index (κ2) is 4.02. The van der Waals surface area contributed by atoms with Crippen molar-refractivity contribution >= 4 is 21.6 Å². The van der Waals surface area contributed by atoms with Gasteiger partial charge in [-0.05, 0) is 6.42 Å². The summed E-state index contributed by atoms with van der Waals surface area (Å²) in [5, 5.41) is 0. The zero-order valence-electron chi connectivity index (χ0n) is 9.29. The largest absolute Gasteiger partial charge is 0.464 e. The Balaban J connectivity index is 2.30. The summed E-state index contributed by atoms with van der Waals surface area (Å²) >= 11 is 0. The van der Waals surface area contributed by atoms with Crippen LogP contribution in [0.3, 0.4) is 0 Å². The minimum absolute atomic E-state index is 0.0248. The van der Waals surface area contributed by atoms with Gasteiger partial charge < -0.3 is 15.0 Å². The fourth-order valence-corrected chi connectivity index (χ4v) is 3.62. The standard InChI is InChI=1S/C9H13N3O4S/c1-16-9(13)7-8(10)12(5-11-7)6-2-3-17(14,15)4-6/h5-6H,2-4,10H2,1H3. The normalized spacial score (nSPS) is 22.5. The second-order valence-corrected chi connectivity index (χ2v) is 6.16. The summed E-state index contributed by atoms with van der Waals surface area (Å²) in [5.41, 5.74) is 5.78. The Morgan fingerprint density at radius 1 is 1.65 bits per heavy atom. The van der Waals surface area contributed by atoms with Crippen LogP contribution < -0.4 is 5.73 Å². The van der Waals surface area contributed by atoms with Crippen molar-refractivity contribution in [3.63, 3.8) is 0 Å². The van der Waals surface area contributed by atoms with E-state index in [1.807, 2.05) is 0 Å². The molecule has 1 unspecified atom stereocenters. The lowest BCUT2D eigenvalue weighted by Crippen LogP contribution is -2.14. The number of nitrogens with zero attached hydrogens (tertiary/aromatic N) is 2. The fourth-order valence-electron chi connectivity index (χ4n) is 1.91. The van der Waals surface area contributed by atoms with Crippen LogP contribution >= 0.6 is 0 Å². The van der Waals surface area contributed by atoms with Gasteiger partial charge in [0.2, 0.25) is 0 Å². The first-order chi connectivity index (χ1) is 7.94. The number of aromatic nitrogens is 2. The van der Waals surface area contributed by atoms with E-state index in [1.54, 1.807) is 0 Å². The predicted molar refractivity (Wildman–Crippen MR) is 60.3 cm³/mol. The van der Waals surface area contributed by atoms with Crippen molar-refractivity contribution in [2.75, 3.05) is 24.3 Å². The molecule has 2 heterocycles. The molecule has 0 aliphatic carbocycles. The smallest absolute Gasteiger partial charge is 0.360 e. The molecule has 0 amide bonds. The Labute approximate surface area is 98.5 Å². The number of ether oxygens (including phenoxy) is 1. The molecule has 0 bridgehead atoms. The molecule has 1 aromatic heterocycles. The molecule has 2 N–H and O–H groups in total. The highest BCUT2D eigenvalue weighted by atomic mass is 32.2. The van der Waals surface area contributed by atoms with Gasteiger partial charge in [-0.3, -0.25) is 0 Å². The Morgan fingerprint density at radius 3 is 2.88 bits per heavy atom. The molecule has 1 aliphatic heterocycles. The van der Waals surface area contributed by atoms with Crippen LogP contribution in [0.4, 0.5) is 5.82 Å². The summed E-state index contributed by atoms with van der Waals surface area (Å²) < 4.78 is 28.8. The number of carbonyl (C=O) groups excluding carboxylic acids is 1. The van der Waals surface area contributed by atoms with Gasteiger partial charge in [0.25, 0.3) is 0 Å². The van der Waals surface area contributed by atoms with E-state index in [0.717, 1.165) is 0 Å². The number of carbonyl (C=O) groups is 1. The van der Waals surface area contributed by atoms with Crippen molar-refractivity contribution in [3.05, 3.63) is 12.0 Å². The van der Waals surface area contributed by atoms with Crippen molar-refractivity contribution in [1.29, 1.82) is 0 Å². The van der Waals surface area contributed by atoms with Gasteiger partial charge in [0.1, 0.15) is 5.82 Å². The summed E-state index contributed by atoms with van der Waals surface area (Å²) in [6.45, 7) is 0. The molecular weight excluding hydrogens is 246 g/mol. The Morgan fingerprint density at radius 2 is 2.35 bits per heavy atom. The van der Waals surface area contributed by atoms with Crippen LogP contribution in [0, 0.1) is 0 Å². The van der Waals surface area contributed by atoms with E-state index in [-0.39, 0.29) is 29.1 Å². The Bertz CT molecular complexity index is 549. The van der Waals surface area contributed by atoms with Crippen LogP contribution in [0.2, 0.25) is 0 Å². The first kappa shape index (κ1) is 11.9. The van der Waals surface area contributed by atoms with Crippen LogP contribution in [-0.2, 0) is 14.6 Å². The van der Waals surface area contributed by atoms with Gasteiger partial charge in [0.05, 0.1) is 31.0 Å². The molecule has 1 aliphatic rings. The number of nitrogens with two attached hydrogens (primary N) is 1. The van der Waals surface area contributed by atoms with E-state index < -0.39 is 15.8 Å². The summed E-state index contributed by atoms with van der Waals surface area (Å²) in [7, 11) is -1.76. The van der Waals surface area contributed by atoms with Crippen molar-refractivity contribution in [2.24, 2.45) is 0 Å². The third-order valence-corrected chi connectivity index (χ3v) is 4.56. The summed E-state index contributed by atoms with van der Waals surface area (Å²) in [4.78, 5) is 15.1. The highest BCUT2D eigenvalue weighted by Crippen LogP contribution is 2.27. The third-order valence-electron chi connectivity index (χ3n) is 2.81. The van der Waals surface area contributed by atoms with Crippen molar-refractivity contribution in [3.8, 4) is 0 Å². The topological polar surface area (TPSA) is 104 Å². The molecule has 94 valence electrons. The maximum atomic E-state index is 11.4. The van der Waals surface area contributed by atoms with Gasteiger partial charge >= 0.3 is 5.97 Å². The van der Waals surface area contributed by atoms with Crippen LogP contribution in [0.15, 0.2) is 6.33 Å². The van der Waals surface area contributed by atoms with E-state index in [0.29, 0.717) is 6.42 Å². The lowest BCUT2D eigenvalue weighted by atomic mass is 10.2. The van der Waals surface area contributed by atoms with Gasteiger partial charge in [-0.15, -0.1) is 0 Å². The number of imidazole rings is 1. The molecule has 1 atom stereocenters. The summed E-state index contributed by atoms with van der Waals surface area (Å²) in [6.07, 6.45) is 1.87. The molecule has 1 aromatic rings. The number of hydrogen-bond donors (Lipinski definition) is 1. The predicted octanol–water partition coefficient (Wildman–Crippen LogP) is -0.389. The first-order valence-corrected chi connectivity index (χ1v) is 6.88. The maximum Gasteiger partial charge on any atom is 0.360 e. The van der Waals surface area contributed by atoms with Crippen LogP contribution in [0.1, 0.15) is 23.0 Å². The second-order valence-electron chi connectivity index (χ2n) is 3.93. The molecule has 7 nitrogen and oxygen atoms in total. The molecule has 0 aromatic carbocycles. The molecule has 1 fully saturated rings. The minimum atomic E-state index is -3.00. The highest BCUT2D eigenvalue weighted by Gasteiger charge is 2.31. The number of hydrogen-bond acceptors (Lipinski definition) is 6. The molecule has 1 saturated heterocycles. The fraction of sp³-hybridized carbons (Fsp3) is 0.556. The van der Waals surface area contributed by atoms with E-state index in [1.165, 1.54) is 18.0 Å². The number of methoxy groups -OCH3 is 1. The first-order valence-electron chi connectivity index (χ1n) is 5.05. The zero-order valence-corrected chi connectivity index (χ0v) is 10.1. The molecule has 0 saturated carbocycles. The summed E-state index contributed by atoms with van der Waals surface area (Å²) in [6, 6.07) is -0.245. The van der Waals surface area contributed by atoms with Crippen LogP contribution in [0.25, 0.3) is 0 Å². The zero-order chi connectivity index (χ0) is 12.6. The molecule has 17 heavy (non-hydrogen) atoms. The van der Waals surface area contributed by atoms with Gasteiger partial charge in [-0.1, -0.05) is 0 Å². The van der Waals surface area contributed by atoms with Crippen molar-refractivity contribution in [1.82, 2.24) is 9.55 Å². The van der Waals surface area contributed by atoms with Crippen molar-refractivity contribution in [2.45, 2.75) is 12.5 Å². The van der Waals surface area contributed by atoms with Crippen molar-refractivity contribution < 1.29 is 17.9 Å². The maximum absolute atomic E-state index is 11.4. The molecule has 2 rings (SSSR count). The Hall–Kier alpha value is -1.57. The average Bonchev–Trinajstić information content (AvgIpc) is 2.80. The third kappa shape index (κ3) is 2.12. The average molecular weight is 259 g/mol. The monoisotopic (exact) mass is 259 g/mol. The van der Waals surface area contributed by atoms with Gasteiger partial charge in [0, 0.05) is 0 Å². The lowest BCUT2D eigenvalue weighted by Gasteiger charge is -2.11. The number of esters is 1. The van der Waals surface area contributed by atoms with E-state index in [2.05, 4.69) is 9.72 Å². The SMILES string of the molecule is COC(=O)c1ncn(C2CCS(=O)(=O)C2)c1N. The van der Waals surface area contributed by atoms with Crippen LogP contribution in [0.5, 0.6) is 0 Å². The van der Waals surface area contributed by atoms with Gasteiger partial charge in [0.15, 0.2) is 15.5 Å². The van der Waals surface area contributed by atoms with Crippen LogP contribution in [-0.4, -0.2) is 42.6 Å². The molecule has 0 spiro atoms. The summed E-state index contributed by atoms with van der Waals surface area (Å²) in [5.74, 6) is -0.294. The highest BCUT2D eigenvalue weighted by molar-refractivity contribution is 7.91. The minimum Gasteiger partial charge on any atom is -0.464 e. The number of anilines is 1. The molecular formula is C9H13N3O4S. The van der Waals surface area contributed by atoms with E-state index >= 15 is 0 Å². The number of rotatable bonds is 2. The number of sulfone groups is 1. The van der Waals surface area contributed by atoms with E-state index in [4.69, 9.17) is 5.73 Å². The lowest BCUT2D eigenvalue weighted by molar-refractivity contribution is 0.0596.